The first-order valence-corrected chi connectivity index (χ1v) is 6.23. The zero-order chi connectivity index (χ0) is 14.5. The number of anilines is 1. The number of hydrogen-bond acceptors (Lipinski definition) is 5. The average molecular weight is 270 g/mol. The van der Waals surface area contributed by atoms with Crippen LogP contribution in [0.4, 0.5) is 5.69 Å². The first-order valence-electron chi connectivity index (χ1n) is 6.23. The number of aromatic amines is 1. The van der Waals surface area contributed by atoms with Gasteiger partial charge in [0.25, 0.3) is 5.91 Å². The van der Waals surface area contributed by atoms with Crippen LogP contribution >= 0.6 is 0 Å². The highest BCUT2D eigenvalue weighted by Crippen LogP contribution is 2.14. The van der Waals surface area contributed by atoms with Gasteiger partial charge in [-0.1, -0.05) is 6.92 Å². The van der Waals surface area contributed by atoms with E-state index in [1.807, 2.05) is 6.92 Å². The van der Waals surface area contributed by atoms with E-state index in [0.29, 0.717) is 25.1 Å². The minimum absolute atomic E-state index is 0.114. The van der Waals surface area contributed by atoms with Crippen molar-refractivity contribution in [1.29, 1.82) is 0 Å². The second kappa shape index (κ2) is 6.53. The number of aromatic nitrogens is 2. The second-order valence-corrected chi connectivity index (χ2v) is 4.74. The standard InChI is InChI=1S/C12H22N4O3/c1-4-8-9(13)10(16-15-8)11(17)14-7-12(2,18)5-6-19-3/h18H,4-7,13H2,1-3H3,(H,14,17)(H,15,16). The molecule has 1 aromatic rings. The summed E-state index contributed by atoms with van der Waals surface area (Å²) >= 11 is 0. The van der Waals surface area contributed by atoms with Crippen molar-refractivity contribution in [3.63, 3.8) is 0 Å². The van der Waals surface area contributed by atoms with Gasteiger partial charge in [-0.15, -0.1) is 0 Å². The number of nitrogens with one attached hydrogen (secondary N) is 2. The summed E-state index contributed by atoms with van der Waals surface area (Å²) in [6.45, 7) is 4.09. The largest absolute Gasteiger partial charge is 0.395 e. The van der Waals surface area contributed by atoms with Gasteiger partial charge in [0.1, 0.15) is 0 Å². The lowest BCUT2D eigenvalue weighted by atomic mass is 10.0. The molecule has 1 unspecified atom stereocenters. The highest BCUT2D eigenvalue weighted by atomic mass is 16.5. The summed E-state index contributed by atoms with van der Waals surface area (Å²) in [5.41, 5.74) is 6.03. The van der Waals surface area contributed by atoms with Gasteiger partial charge in [0.15, 0.2) is 5.69 Å². The van der Waals surface area contributed by atoms with Crippen LogP contribution in [0.3, 0.4) is 0 Å². The quantitative estimate of drug-likeness (QED) is 0.560. The number of nitrogens with zero attached hydrogens (tertiary/aromatic N) is 1. The van der Waals surface area contributed by atoms with E-state index in [1.54, 1.807) is 14.0 Å². The van der Waals surface area contributed by atoms with Crippen LogP contribution in [-0.2, 0) is 11.2 Å². The molecule has 108 valence electrons. The molecule has 1 atom stereocenters. The molecule has 19 heavy (non-hydrogen) atoms. The normalized spacial score (nSPS) is 14.1. The minimum atomic E-state index is -1.02. The molecular weight excluding hydrogens is 248 g/mol. The van der Waals surface area contributed by atoms with Crippen LogP contribution in [0.25, 0.3) is 0 Å². The molecule has 0 fully saturated rings. The second-order valence-electron chi connectivity index (χ2n) is 4.74. The number of nitrogen functional groups attached to an aromatic ring is 1. The van der Waals surface area contributed by atoms with Gasteiger partial charge in [0.05, 0.1) is 17.0 Å². The molecule has 0 aliphatic rings. The lowest BCUT2D eigenvalue weighted by molar-refractivity contribution is 0.0243. The van der Waals surface area contributed by atoms with Gasteiger partial charge >= 0.3 is 0 Å². The Morgan fingerprint density at radius 2 is 2.32 bits per heavy atom. The van der Waals surface area contributed by atoms with Crippen molar-refractivity contribution in [2.75, 3.05) is 26.0 Å². The minimum Gasteiger partial charge on any atom is -0.395 e. The fraction of sp³-hybridized carbons (Fsp3) is 0.667. The molecule has 0 saturated carbocycles. The fourth-order valence-corrected chi connectivity index (χ4v) is 1.59. The van der Waals surface area contributed by atoms with Crippen molar-refractivity contribution in [1.82, 2.24) is 15.5 Å². The Labute approximate surface area is 112 Å². The number of hydrogen-bond donors (Lipinski definition) is 4. The SMILES string of the molecule is CCc1[nH]nc(C(=O)NCC(C)(O)CCOC)c1N. The van der Waals surface area contributed by atoms with Crippen LogP contribution in [0.5, 0.6) is 0 Å². The highest BCUT2D eigenvalue weighted by Gasteiger charge is 2.23. The van der Waals surface area contributed by atoms with Crippen LogP contribution in [0.1, 0.15) is 36.5 Å². The van der Waals surface area contributed by atoms with E-state index in [0.717, 1.165) is 5.69 Å². The number of H-pyrrole nitrogens is 1. The van der Waals surface area contributed by atoms with Gasteiger partial charge < -0.3 is 20.9 Å². The third-order valence-corrected chi connectivity index (χ3v) is 2.93. The molecule has 1 amide bonds. The molecule has 0 aliphatic heterocycles. The average Bonchev–Trinajstić information content (AvgIpc) is 2.75. The Morgan fingerprint density at radius 1 is 1.63 bits per heavy atom. The predicted molar refractivity (Wildman–Crippen MR) is 71.8 cm³/mol. The Hall–Kier alpha value is -1.60. The van der Waals surface area contributed by atoms with Gasteiger partial charge in [-0.2, -0.15) is 5.10 Å². The highest BCUT2D eigenvalue weighted by molar-refractivity contribution is 5.97. The predicted octanol–water partition coefficient (Wildman–Crippen LogP) is 0.0716. The molecule has 5 N–H and O–H groups in total. The van der Waals surface area contributed by atoms with Gasteiger partial charge in [-0.05, 0) is 13.3 Å². The number of methoxy groups -OCH3 is 1. The molecule has 1 rings (SSSR count). The lowest BCUT2D eigenvalue weighted by Gasteiger charge is -2.22. The number of aliphatic hydroxyl groups is 1. The van der Waals surface area contributed by atoms with Crippen molar-refractivity contribution in [3.8, 4) is 0 Å². The van der Waals surface area contributed by atoms with Crippen LogP contribution in [0.2, 0.25) is 0 Å². The number of nitrogens with two attached hydrogens (primary N) is 1. The summed E-state index contributed by atoms with van der Waals surface area (Å²) < 4.78 is 4.90. The summed E-state index contributed by atoms with van der Waals surface area (Å²) in [6.07, 6.45) is 1.11. The summed E-state index contributed by atoms with van der Waals surface area (Å²) in [6, 6.07) is 0. The smallest absolute Gasteiger partial charge is 0.274 e. The maximum atomic E-state index is 11.9. The molecule has 0 radical (unpaired) electrons. The molecule has 0 bridgehead atoms. The van der Waals surface area contributed by atoms with E-state index >= 15 is 0 Å². The molecule has 1 heterocycles. The molecule has 0 saturated heterocycles. The third kappa shape index (κ3) is 4.22. The van der Waals surface area contributed by atoms with Crippen LogP contribution < -0.4 is 11.1 Å². The Kier molecular flexibility index (Phi) is 5.31. The number of carbonyl (C=O) groups is 1. The van der Waals surface area contributed by atoms with Gasteiger partial charge in [0, 0.05) is 26.7 Å². The number of carbonyl (C=O) groups excluding carboxylic acids is 1. The Morgan fingerprint density at radius 3 is 2.84 bits per heavy atom. The lowest BCUT2D eigenvalue weighted by Crippen LogP contribution is -2.41. The number of amides is 1. The topological polar surface area (TPSA) is 113 Å². The number of ether oxygens (including phenoxy) is 1. The van der Waals surface area contributed by atoms with Gasteiger partial charge in [0.2, 0.25) is 0 Å². The zero-order valence-corrected chi connectivity index (χ0v) is 11.6. The van der Waals surface area contributed by atoms with Crippen LogP contribution in [0.15, 0.2) is 0 Å². The van der Waals surface area contributed by atoms with Crippen molar-refractivity contribution < 1.29 is 14.6 Å². The molecule has 1 aromatic heterocycles. The maximum absolute atomic E-state index is 11.9. The molecule has 7 heteroatoms. The maximum Gasteiger partial charge on any atom is 0.274 e. The van der Waals surface area contributed by atoms with Crippen molar-refractivity contribution >= 4 is 11.6 Å². The summed E-state index contributed by atoms with van der Waals surface area (Å²) in [4.78, 5) is 11.9. The molecule has 0 spiro atoms. The van der Waals surface area contributed by atoms with E-state index < -0.39 is 11.5 Å². The summed E-state index contributed by atoms with van der Waals surface area (Å²) in [5, 5.41) is 19.2. The van der Waals surface area contributed by atoms with Crippen LogP contribution in [0, 0.1) is 0 Å². The summed E-state index contributed by atoms with van der Waals surface area (Å²) in [7, 11) is 1.56. The van der Waals surface area contributed by atoms with Crippen molar-refractivity contribution in [2.45, 2.75) is 32.3 Å². The van der Waals surface area contributed by atoms with E-state index in [-0.39, 0.29) is 12.2 Å². The number of aryl methyl sites for hydroxylation is 1. The number of rotatable bonds is 7. The molecular formula is C12H22N4O3. The third-order valence-electron chi connectivity index (χ3n) is 2.93. The molecule has 0 aliphatic carbocycles. The van der Waals surface area contributed by atoms with E-state index in [2.05, 4.69) is 15.5 Å². The molecule has 7 nitrogen and oxygen atoms in total. The van der Waals surface area contributed by atoms with Crippen molar-refractivity contribution in [3.05, 3.63) is 11.4 Å². The van der Waals surface area contributed by atoms with Gasteiger partial charge in [-0.25, -0.2) is 0 Å². The zero-order valence-electron chi connectivity index (χ0n) is 11.6. The fourth-order valence-electron chi connectivity index (χ4n) is 1.59. The van der Waals surface area contributed by atoms with Crippen LogP contribution in [-0.4, -0.2) is 47.1 Å². The Balaban J connectivity index is 2.57. The monoisotopic (exact) mass is 270 g/mol. The van der Waals surface area contributed by atoms with E-state index in [4.69, 9.17) is 10.5 Å². The van der Waals surface area contributed by atoms with E-state index in [1.165, 1.54) is 0 Å². The van der Waals surface area contributed by atoms with E-state index in [9.17, 15) is 9.90 Å². The first-order chi connectivity index (χ1) is 8.91. The first kappa shape index (κ1) is 15.5. The molecule has 0 aromatic carbocycles. The Bertz CT molecular complexity index is 429. The van der Waals surface area contributed by atoms with Crippen molar-refractivity contribution in [2.24, 2.45) is 0 Å². The van der Waals surface area contributed by atoms with Gasteiger partial charge in [-0.3, -0.25) is 9.89 Å². The summed E-state index contributed by atoms with van der Waals surface area (Å²) in [5.74, 6) is -0.397.